The first-order valence-electron chi connectivity index (χ1n) is 6.63. The molecule has 0 aliphatic rings. The number of hydrogen-bond donors (Lipinski definition) is 0. The molecule has 0 aromatic heterocycles. The Kier molecular flexibility index (Phi) is 5.39. The van der Waals surface area contributed by atoms with E-state index in [2.05, 4.69) is 15.9 Å². The van der Waals surface area contributed by atoms with Gasteiger partial charge in [-0.3, -0.25) is 4.79 Å². The van der Waals surface area contributed by atoms with Crippen LogP contribution < -0.4 is 4.74 Å². The van der Waals surface area contributed by atoms with Gasteiger partial charge in [-0.05, 0) is 45.6 Å². The van der Waals surface area contributed by atoms with Gasteiger partial charge < -0.3 is 9.47 Å². The van der Waals surface area contributed by atoms with E-state index in [1.165, 1.54) is 7.11 Å². The van der Waals surface area contributed by atoms with Crippen molar-refractivity contribution in [2.24, 2.45) is 0 Å². The van der Waals surface area contributed by atoms with Gasteiger partial charge in [0.15, 0.2) is 0 Å². The van der Waals surface area contributed by atoms with Gasteiger partial charge in [-0.2, -0.15) is 0 Å². The zero-order valence-electron chi connectivity index (χ0n) is 12.1. The van der Waals surface area contributed by atoms with Crippen LogP contribution in [0.5, 0.6) is 5.75 Å². The summed E-state index contributed by atoms with van der Waals surface area (Å²) in [6.07, 6.45) is 0.228. The maximum atomic E-state index is 11.5. The molecule has 0 radical (unpaired) electrons. The molecule has 0 saturated carbocycles. The van der Waals surface area contributed by atoms with Crippen LogP contribution in [-0.2, 0) is 22.6 Å². The number of rotatable bonds is 5. The van der Waals surface area contributed by atoms with Gasteiger partial charge in [-0.25, -0.2) is 0 Å². The lowest BCUT2D eigenvalue weighted by Gasteiger charge is -2.13. The van der Waals surface area contributed by atoms with E-state index in [1.54, 1.807) is 0 Å². The molecule has 0 heterocycles. The van der Waals surface area contributed by atoms with Crippen molar-refractivity contribution >= 4 is 21.9 Å². The lowest BCUT2D eigenvalue weighted by molar-refractivity contribution is -0.139. The molecule has 2 aromatic rings. The minimum atomic E-state index is -0.265. The smallest absolute Gasteiger partial charge is 0.310 e. The van der Waals surface area contributed by atoms with Crippen molar-refractivity contribution in [3.63, 3.8) is 0 Å². The Labute approximate surface area is 133 Å². The number of aryl methyl sites for hydroxylation is 1. The van der Waals surface area contributed by atoms with E-state index in [0.29, 0.717) is 6.61 Å². The number of benzene rings is 2. The van der Waals surface area contributed by atoms with E-state index in [-0.39, 0.29) is 12.4 Å². The highest BCUT2D eigenvalue weighted by Crippen LogP contribution is 2.32. The Bertz CT molecular complexity index is 623. The van der Waals surface area contributed by atoms with E-state index >= 15 is 0 Å². The Morgan fingerprint density at radius 2 is 1.86 bits per heavy atom. The second-order valence-electron chi connectivity index (χ2n) is 4.70. The quantitative estimate of drug-likeness (QED) is 0.764. The molecule has 0 saturated heterocycles. The first-order chi connectivity index (χ1) is 10.1. The summed E-state index contributed by atoms with van der Waals surface area (Å²) in [7, 11) is 1.39. The Morgan fingerprint density at radius 3 is 2.52 bits per heavy atom. The van der Waals surface area contributed by atoms with Crippen molar-refractivity contribution in [3.8, 4) is 5.75 Å². The molecule has 2 aromatic carbocycles. The van der Waals surface area contributed by atoms with Crippen molar-refractivity contribution < 1.29 is 14.3 Å². The summed E-state index contributed by atoms with van der Waals surface area (Å²) < 4.78 is 11.4. The summed E-state index contributed by atoms with van der Waals surface area (Å²) in [6, 6.07) is 13.8. The van der Waals surface area contributed by atoms with E-state index < -0.39 is 0 Å². The van der Waals surface area contributed by atoms with Gasteiger partial charge in [0.25, 0.3) is 0 Å². The van der Waals surface area contributed by atoms with Crippen molar-refractivity contribution in [1.82, 2.24) is 0 Å². The fourth-order valence-electron chi connectivity index (χ4n) is 1.98. The number of methoxy groups -OCH3 is 1. The summed E-state index contributed by atoms with van der Waals surface area (Å²) >= 11 is 3.53. The zero-order valence-corrected chi connectivity index (χ0v) is 13.6. The summed E-state index contributed by atoms with van der Waals surface area (Å²) in [4.78, 5) is 11.5. The highest BCUT2D eigenvalue weighted by molar-refractivity contribution is 9.10. The summed E-state index contributed by atoms with van der Waals surface area (Å²) in [5.41, 5.74) is 3.02. The normalized spacial score (nSPS) is 10.2. The molecule has 0 bridgehead atoms. The van der Waals surface area contributed by atoms with Crippen LogP contribution in [0.15, 0.2) is 46.9 Å². The molecule has 2 rings (SSSR count). The lowest BCUT2D eigenvalue weighted by atomic mass is 10.1. The molecule has 0 aliphatic heterocycles. The third-order valence-electron chi connectivity index (χ3n) is 3.23. The van der Waals surface area contributed by atoms with Crippen LogP contribution in [0.4, 0.5) is 0 Å². The van der Waals surface area contributed by atoms with Crippen LogP contribution in [-0.4, -0.2) is 13.1 Å². The van der Waals surface area contributed by atoms with Gasteiger partial charge in [0.05, 0.1) is 18.0 Å². The minimum absolute atomic E-state index is 0.228. The van der Waals surface area contributed by atoms with Crippen LogP contribution in [0.3, 0.4) is 0 Å². The van der Waals surface area contributed by atoms with Crippen LogP contribution in [0.1, 0.15) is 16.7 Å². The standard InChI is InChI=1S/C17H17BrO3/c1-12-8-9-15(17(18)14(12)10-16(19)20-2)21-11-13-6-4-3-5-7-13/h3-9H,10-11H2,1-2H3. The summed E-state index contributed by atoms with van der Waals surface area (Å²) in [5.74, 6) is 0.461. The third-order valence-corrected chi connectivity index (χ3v) is 4.10. The Hall–Kier alpha value is -1.81. The molecular formula is C17H17BrO3. The second kappa shape index (κ2) is 7.27. The third kappa shape index (κ3) is 4.08. The molecule has 110 valence electrons. The highest BCUT2D eigenvalue weighted by atomic mass is 79.9. The predicted molar refractivity (Wildman–Crippen MR) is 85.4 cm³/mol. The molecule has 0 atom stereocenters. The summed E-state index contributed by atoms with van der Waals surface area (Å²) in [5, 5.41) is 0. The van der Waals surface area contributed by atoms with E-state index in [1.807, 2.05) is 49.4 Å². The molecule has 0 spiro atoms. The molecule has 21 heavy (non-hydrogen) atoms. The second-order valence-corrected chi connectivity index (χ2v) is 5.49. The van der Waals surface area contributed by atoms with Gasteiger partial charge >= 0.3 is 5.97 Å². The molecule has 0 aliphatic carbocycles. The molecular weight excluding hydrogens is 332 g/mol. The molecule has 0 unspecified atom stereocenters. The SMILES string of the molecule is COC(=O)Cc1c(C)ccc(OCc2ccccc2)c1Br. The largest absolute Gasteiger partial charge is 0.488 e. The number of ether oxygens (including phenoxy) is 2. The average Bonchev–Trinajstić information content (AvgIpc) is 2.51. The van der Waals surface area contributed by atoms with Gasteiger partial charge in [-0.1, -0.05) is 36.4 Å². The van der Waals surface area contributed by atoms with E-state index in [9.17, 15) is 4.79 Å². The maximum absolute atomic E-state index is 11.5. The number of halogens is 1. The van der Waals surface area contributed by atoms with Crippen LogP contribution in [0.2, 0.25) is 0 Å². The van der Waals surface area contributed by atoms with E-state index in [4.69, 9.17) is 9.47 Å². The Balaban J connectivity index is 2.17. The van der Waals surface area contributed by atoms with Gasteiger partial charge in [-0.15, -0.1) is 0 Å². The number of carbonyl (C=O) groups is 1. The lowest BCUT2D eigenvalue weighted by Crippen LogP contribution is -2.07. The van der Waals surface area contributed by atoms with Gasteiger partial charge in [0.2, 0.25) is 0 Å². The van der Waals surface area contributed by atoms with Crippen LogP contribution in [0.25, 0.3) is 0 Å². The van der Waals surface area contributed by atoms with Crippen molar-refractivity contribution in [2.75, 3.05) is 7.11 Å². The molecule has 3 nitrogen and oxygen atoms in total. The van der Waals surface area contributed by atoms with Gasteiger partial charge in [0.1, 0.15) is 12.4 Å². The first kappa shape index (κ1) is 15.6. The number of esters is 1. The van der Waals surface area contributed by atoms with Crippen molar-refractivity contribution in [1.29, 1.82) is 0 Å². The molecule has 0 amide bonds. The maximum Gasteiger partial charge on any atom is 0.310 e. The van der Waals surface area contributed by atoms with Crippen LogP contribution >= 0.6 is 15.9 Å². The fourth-order valence-corrected chi connectivity index (χ4v) is 2.68. The predicted octanol–water partition coefficient (Wildman–Crippen LogP) is 4.05. The van der Waals surface area contributed by atoms with Crippen molar-refractivity contribution in [2.45, 2.75) is 20.0 Å². The van der Waals surface area contributed by atoms with Crippen molar-refractivity contribution in [3.05, 3.63) is 63.6 Å². The molecule has 4 heteroatoms. The molecule has 0 fully saturated rings. The Morgan fingerprint density at radius 1 is 1.14 bits per heavy atom. The fraction of sp³-hybridized carbons (Fsp3) is 0.235. The van der Waals surface area contributed by atoms with Crippen LogP contribution in [0, 0.1) is 6.92 Å². The average molecular weight is 349 g/mol. The zero-order chi connectivity index (χ0) is 15.2. The monoisotopic (exact) mass is 348 g/mol. The number of carbonyl (C=O) groups excluding carboxylic acids is 1. The topological polar surface area (TPSA) is 35.5 Å². The van der Waals surface area contributed by atoms with Gasteiger partial charge in [0, 0.05) is 0 Å². The number of hydrogen-bond acceptors (Lipinski definition) is 3. The first-order valence-corrected chi connectivity index (χ1v) is 7.42. The minimum Gasteiger partial charge on any atom is -0.488 e. The highest BCUT2D eigenvalue weighted by Gasteiger charge is 2.14. The summed E-state index contributed by atoms with van der Waals surface area (Å²) in [6.45, 7) is 2.45. The molecule has 0 N–H and O–H groups in total. The van der Waals surface area contributed by atoms with E-state index in [0.717, 1.165) is 26.9 Å².